The summed E-state index contributed by atoms with van der Waals surface area (Å²) in [4.78, 5) is 4.27. The highest BCUT2D eigenvalue weighted by Gasteiger charge is 2.34. The number of aliphatic hydroxyl groups excluding tert-OH is 1. The lowest BCUT2D eigenvalue weighted by Crippen LogP contribution is -2.44. The second kappa shape index (κ2) is 9.39. The standard InChI is InChI=1S/C20H26BrN3O3/c1-22-19(24-13-20(8-10-25)9-11-26-14-20)23-12-17-6-7-18(27-17)15-2-4-16(21)5-3-15/h2-7,25H,8-14H2,1H3,(H2,22,23,24). The summed E-state index contributed by atoms with van der Waals surface area (Å²) in [6, 6.07) is 12.0. The van der Waals surface area contributed by atoms with Crippen LogP contribution in [0.25, 0.3) is 11.3 Å². The second-order valence-corrected chi connectivity index (χ2v) is 7.74. The van der Waals surface area contributed by atoms with E-state index in [1.54, 1.807) is 7.05 Å². The monoisotopic (exact) mass is 435 g/mol. The second-order valence-electron chi connectivity index (χ2n) is 6.83. The van der Waals surface area contributed by atoms with E-state index in [4.69, 9.17) is 9.15 Å². The van der Waals surface area contributed by atoms with Crippen molar-refractivity contribution in [2.45, 2.75) is 19.4 Å². The molecule has 1 aromatic carbocycles. The number of rotatable bonds is 7. The summed E-state index contributed by atoms with van der Waals surface area (Å²) in [5.74, 6) is 2.39. The minimum atomic E-state index is -0.0220. The number of hydrogen-bond acceptors (Lipinski definition) is 4. The fourth-order valence-electron chi connectivity index (χ4n) is 3.22. The average Bonchev–Trinajstić information content (AvgIpc) is 3.33. The van der Waals surface area contributed by atoms with Gasteiger partial charge >= 0.3 is 0 Å². The van der Waals surface area contributed by atoms with Crippen molar-refractivity contribution in [3.05, 3.63) is 46.6 Å². The van der Waals surface area contributed by atoms with Crippen LogP contribution in [-0.2, 0) is 11.3 Å². The maximum Gasteiger partial charge on any atom is 0.191 e. The van der Waals surface area contributed by atoms with Crippen molar-refractivity contribution in [2.75, 3.05) is 33.4 Å². The van der Waals surface area contributed by atoms with E-state index >= 15 is 0 Å². The molecule has 1 saturated heterocycles. The van der Waals surface area contributed by atoms with Gasteiger partial charge in [-0.3, -0.25) is 4.99 Å². The van der Waals surface area contributed by atoms with E-state index in [2.05, 4.69) is 31.6 Å². The maximum atomic E-state index is 9.33. The van der Waals surface area contributed by atoms with Gasteiger partial charge < -0.3 is 24.9 Å². The third kappa shape index (κ3) is 5.34. The molecular weight excluding hydrogens is 410 g/mol. The van der Waals surface area contributed by atoms with Gasteiger partial charge in [-0.05, 0) is 37.1 Å². The molecule has 6 nitrogen and oxygen atoms in total. The van der Waals surface area contributed by atoms with E-state index in [0.29, 0.717) is 19.1 Å². The Morgan fingerprint density at radius 2 is 2.04 bits per heavy atom. The highest BCUT2D eigenvalue weighted by molar-refractivity contribution is 9.10. The highest BCUT2D eigenvalue weighted by Crippen LogP contribution is 2.31. The van der Waals surface area contributed by atoms with Gasteiger partial charge in [0.15, 0.2) is 5.96 Å². The summed E-state index contributed by atoms with van der Waals surface area (Å²) < 4.78 is 12.5. The molecule has 3 rings (SSSR count). The molecule has 1 aromatic heterocycles. The zero-order valence-corrected chi connectivity index (χ0v) is 17.1. The Morgan fingerprint density at radius 1 is 1.22 bits per heavy atom. The molecule has 0 radical (unpaired) electrons. The minimum absolute atomic E-state index is 0.0220. The van der Waals surface area contributed by atoms with Gasteiger partial charge in [0.25, 0.3) is 0 Å². The number of hydrogen-bond donors (Lipinski definition) is 3. The van der Waals surface area contributed by atoms with Gasteiger partial charge in [-0.25, -0.2) is 0 Å². The van der Waals surface area contributed by atoms with Crippen LogP contribution in [0.1, 0.15) is 18.6 Å². The van der Waals surface area contributed by atoms with Gasteiger partial charge in [0.05, 0.1) is 13.2 Å². The molecule has 7 heteroatoms. The number of guanidine groups is 1. The van der Waals surface area contributed by atoms with Crippen LogP contribution in [0.5, 0.6) is 0 Å². The lowest BCUT2D eigenvalue weighted by molar-refractivity contribution is 0.127. The lowest BCUT2D eigenvalue weighted by Gasteiger charge is -2.27. The first-order chi connectivity index (χ1) is 13.1. The molecule has 2 heterocycles. The van der Waals surface area contributed by atoms with Crippen LogP contribution in [0.4, 0.5) is 0 Å². The first kappa shape index (κ1) is 19.9. The number of nitrogens with one attached hydrogen (secondary N) is 2. The van der Waals surface area contributed by atoms with Crippen molar-refractivity contribution in [1.82, 2.24) is 10.6 Å². The largest absolute Gasteiger partial charge is 0.459 e. The zero-order valence-electron chi connectivity index (χ0n) is 15.5. The summed E-state index contributed by atoms with van der Waals surface area (Å²) in [5.41, 5.74) is 1.02. The van der Waals surface area contributed by atoms with Crippen molar-refractivity contribution in [2.24, 2.45) is 10.4 Å². The quantitative estimate of drug-likeness (QED) is 0.459. The maximum absolute atomic E-state index is 9.33. The number of furan rings is 1. The van der Waals surface area contributed by atoms with Gasteiger partial charge in [0.1, 0.15) is 11.5 Å². The molecule has 0 aliphatic carbocycles. The first-order valence-electron chi connectivity index (χ1n) is 9.12. The molecule has 27 heavy (non-hydrogen) atoms. The summed E-state index contributed by atoms with van der Waals surface area (Å²) in [6.45, 7) is 2.85. The Morgan fingerprint density at radius 3 is 2.70 bits per heavy atom. The van der Waals surface area contributed by atoms with Gasteiger partial charge in [-0.1, -0.05) is 28.1 Å². The predicted octanol–water partition coefficient (Wildman–Crippen LogP) is 3.16. The number of nitrogens with zero attached hydrogens (tertiary/aromatic N) is 1. The molecular formula is C20H26BrN3O3. The normalized spacial score (nSPS) is 20.0. The smallest absolute Gasteiger partial charge is 0.191 e. The molecule has 0 bridgehead atoms. The molecule has 0 amide bonds. The molecule has 1 atom stereocenters. The predicted molar refractivity (Wildman–Crippen MR) is 110 cm³/mol. The first-order valence-corrected chi connectivity index (χ1v) is 9.91. The summed E-state index contributed by atoms with van der Waals surface area (Å²) in [5, 5.41) is 16.0. The number of halogens is 1. The molecule has 0 spiro atoms. The van der Waals surface area contributed by atoms with E-state index in [0.717, 1.165) is 47.5 Å². The molecule has 0 saturated carbocycles. The van der Waals surface area contributed by atoms with Crippen molar-refractivity contribution >= 4 is 21.9 Å². The Hall–Kier alpha value is -1.83. The fourth-order valence-corrected chi connectivity index (χ4v) is 3.48. The Balaban J connectivity index is 1.53. The summed E-state index contributed by atoms with van der Waals surface area (Å²) >= 11 is 3.44. The van der Waals surface area contributed by atoms with Crippen LogP contribution in [0.15, 0.2) is 50.3 Å². The van der Waals surface area contributed by atoms with Crippen molar-refractivity contribution < 1.29 is 14.3 Å². The summed E-state index contributed by atoms with van der Waals surface area (Å²) in [6.07, 6.45) is 1.68. The van der Waals surface area contributed by atoms with Crippen molar-refractivity contribution in [1.29, 1.82) is 0 Å². The third-order valence-corrected chi connectivity index (χ3v) is 5.43. The Kier molecular flexibility index (Phi) is 6.93. The average molecular weight is 436 g/mol. The van der Waals surface area contributed by atoms with Crippen LogP contribution in [0, 0.1) is 5.41 Å². The van der Waals surface area contributed by atoms with Crippen molar-refractivity contribution in [3.63, 3.8) is 0 Å². The van der Waals surface area contributed by atoms with Gasteiger partial charge in [0.2, 0.25) is 0 Å². The summed E-state index contributed by atoms with van der Waals surface area (Å²) in [7, 11) is 1.74. The molecule has 146 valence electrons. The van der Waals surface area contributed by atoms with Gasteiger partial charge in [0, 0.05) is 42.3 Å². The van der Waals surface area contributed by atoms with Crippen LogP contribution in [0.3, 0.4) is 0 Å². The molecule has 1 aliphatic heterocycles. The highest BCUT2D eigenvalue weighted by atomic mass is 79.9. The lowest BCUT2D eigenvalue weighted by atomic mass is 9.84. The van der Waals surface area contributed by atoms with E-state index in [-0.39, 0.29) is 12.0 Å². The van der Waals surface area contributed by atoms with E-state index in [1.807, 2.05) is 36.4 Å². The number of benzene rings is 1. The van der Waals surface area contributed by atoms with Gasteiger partial charge in [-0.2, -0.15) is 0 Å². The number of aliphatic hydroxyl groups is 1. The van der Waals surface area contributed by atoms with E-state index in [1.165, 1.54) is 0 Å². The van der Waals surface area contributed by atoms with Crippen LogP contribution in [0.2, 0.25) is 0 Å². The van der Waals surface area contributed by atoms with Crippen LogP contribution < -0.4 is 10.6 Å². The van der Waals surface area contributed by atoms with Crippen LogP contribution in [-0.4, -0.2) is 44.5 Å². The SMILES string of the molecule is CN=C(NCc1ccc(-c2ccc(Br)cc2)o1)NCC1(CCO)CCOC1. The Labute approximate surface area is 168 Å². The molecule has 1 unspecified atom stereocenters. The van der Waals surface area contributed by atoms with Crippen LogP contribution >= 0.6 is 15.9 Å². The molecule has 1 aliphatic rings. The Bertz CT molecular complexity index is 752. The van der Waals surface area contributed by atoms with Gasteiger partial charge in [-0.15, -0.1) is 0 Å². The van der Waals surface area contributed by atoms with Crippen molar-refractivity contribution in [3.8, 4) is 11.3 Å². The van der Waals surface area contributed by atoms with E-state index < -0.39 is 0 Å². The molecule has 2 aromatic rings. The molecule has 3 N–H and O–H groups in total. The topological polar surface area (TPSA) is 79.0 Å². The van der Waals surface area contributed by atoms with E-state index in [9.17, 15) is 5.11 Å². The number of ether oxygens (including phenoxy) is 1. The number of aliphatic imine (C=N–C) groups is 1. The minimum Gasteiger partial charge on any atom is -0.459 e. The zero-order chi connectivity index (χ0) is 19.1. The fraction of sp³-hybridized carbons (Fsp3) is 0.450. The molecule has 1 fully saturated rings. The third-order valence-electron chi connectivity index (χ3n) is 4.90.